The summed E-state index contributed by atoms with van der Waals surface area (Å²) in [5, 5.41) is 5.69. The van der Waals surface area contributed by atoms with Gasteiger partial charge in [-0.05, 0) is 38.0 Å². The van der Waals surface area contributed by atoms with Gasteiger partial charge in [-0.3, -0.25) is 14.4 Å². The van der Waals surface area contributed by atoms with Crippen molar-refractivity contribution in [2.24, 2.45) is 5.92 Å². The van der Waals surface area contributed by atoms with Crippen LogP contribution in [0.25, 0.3) is 0 Å². The maximum absolute atomic E-state index is 12.4. The van der Waals surface area contributed by atoms with Crippen molar-refractivity contribution in [1.82, 2.24) is 4.90 Å². The molecule has 2 aliphatic rings. The van der Waals surface area contributed by atoms with Crippen molar-refractivity contribution in [2.75, 3.05) is 23.7 Å². The van der Waals surface area contributed by atoms with Crippen LogP contribution in [-0.4, -0.2) is 41.0 Å². The zero-order valence-electron chi connectivity index (χ0n) is 13.8. The Hall–Kier alpha value is -2.02. The Morgan fingerprint density at radius 2 is 2.00 bits per heavy atom. The van der Waals surface area contributed by atoms with Gasteiger partial charge in [0.1, 0.15) is 0 Å². The standard InChI is InChI=1S/C17H21N3O3S/c1-10-16(22)19-14-9-13(3-4-15(14)24-10)18-17(23)12-5-7-20(8-6-12)11(2)21/h3-4,9-10,12H,5-8H2,1-2H3,(H,18,23)(H,19,22). The van der Waals surface area contributed by atoms with Gasteiger partial charge in [0.15, 0.2) is 0 Å². The molecule has 1 fully saturated rings. The molecule has 24 heavy (non-hydrogen) atoms. The molecular weight excluding hydrogens is 326 g/mol. The Kier molecular flexibility index (Phi) is 4.80. The Bertz CT molecular complexity index is 684. The number of likely N-dealkylation sites (tertiary alicyclic amines) is 1. The van der Waals surface area contributed by atoms with Crippen molar-refractivity contribution in [2.45, 2.75) is 36.8 Å². The first-order chi connectivity index (χ1) is 11.4. The molecular formula is C17H21N3O3S. The van der Waals surface area contributed by atoms with Gasteiger partial charge in [0.2, 0.25) is 17.7 Å². The molecule has 1 saturated heterocycles. The highest BCUT2D eigenvalue weighted by Gasteiger charge is 2.27. The molecule has 128 valence electrons. The van der Waals surface area contributed by atoms with E-state index in [1.165, 1.54) is 11.8 Å². The number of piperidine rings is 1. The van der Waals surface area contributed by atoms with E-state index < -0.39 is 0 Å². The van der Waals surface area contributed by atoms with Gasteiger partial charge in [-0.15, -0.1) is 11.8 Å². The molecule has 7 heteroatoms. The third kappa shape index (κ3) is 3.56. The van der Waals surface area contributed by atoms with Crippen LogP contribution in [0.2, 0.25) is 0 Å². The molecule has 1 unspecified atom stereocenters. The second-order valence-electron chi connectivity index (χ2n) is 6.23. The molecule has 1 aromatic rings. The maximum atomic E-state index is 12.4. The zero-order chi connectivity index (χ0) is 17.3. The first kappa shape index (κ1) is 16.8. The van der Waals surface area contributed by atoms with Crippen molar-refractivity contribution in [3.05, 3.63) is 18.2 Å². The number of hydrogen-bond donors (Lipinski definition) is 2. The first-order valence-electron chi connectivity index (χ1n) is 8.12. The van der Waals surface area contributed by atoms with Crippen LogP contribution < -0.4 is 10.6 Å². The van der Waals surface area contributed by atoms with Gasteiger partial charge in [-0.2, -0.15) is 0 Å². The summed E-state index contributed by atoms with van der Waals surface area (Å²) in [4.78, 5) is 38.3. The molecule has 2 N–H and O–H groups in total. The molecule has 0 aliphatic carbocycles. The summed E-state index contributed by atoms with van der Waals surface area (Å²) >= 11 is 1.52. The highest BCUT2D eigenvalue weighted by atomic mass is 32.2. The molecule has 3 amide bonds. The molecule has 2 aliphatic heterocycles. The third-order valence-corrected chi connectivity index (χ3v) is 5.67. The molecule has 0 aromatic heterocycles. The highest BCUT2D eigenvalue weighted by molar-refractivity contribution is 8.00. The largest absolute Gasteiger partial charge is 0.343 e. The van der Waals surface area contributed by atoms with Crippen LogP contribution in [0.3, 0.4) is 0 Å². The van der Waals surface area contributed by atoms with Crippen molar-refractivity contribution >= 4 is 40.9 Å². The fourth-order valence-electron chi connectivity index (χ4n) is 2.99. The van der Waals surface area contributed by atoms with Crippen molar-refractivity contribution in [3.63, 3.8) is 0 Å². The number of benzene rings is 1. The molecule has 3 rings (SSSR count). The summed E-state index contributed by atoms with van der Waals surface area (Å²) in [5.41, 5.74) is 1.43. The van der Waals surface area contributed by atoms with Crippen LogP contribution in [0.5, 0.6) is 0 Å². The zero-order valence-corrected chi connectivity index (χ0v) is 14.6. The number of fused-ring (bicyclic) bond motifs is 1. The highest BCUT2D eigenvalue weighted by Crippen LogP contribution is 2.37. The summed E-state index contributed by atoms with van der Waals surface area (Å²) in [7, 11) is 0. The van der Waals surface area contributed by atoms with E-state index in [4.69, 9.17) is 0 Å². The van der Waals surface area contributed by atoms with E-state index in [9.17, 15) is 14.4 Å². The predicted octanol–water partition coefficient (Wildman–Crippen LogP) is 2.32. The van der Waals surface area contributed by atoms with E-state index in [2.05, 4.69) is 10.6 Å². The van der Waals surface area contributed by atoms with Crippen LogP contribution >= 0.6 is 11.8 Å². The van der Waals surface area contributed by atoms with E-state index in [1.54, 1.807) is 17.9 Å². The number of carbonyl (C=O) groups is 3. The second kappa shape index (κ2) is 6.84. The number of thioether (sulfide) groups is 1. The van der Waals surface area contributed by atoms with Crippen molar-refractivity contribution < 1.29 is 14.4 Å². The smallest absolute Gasteiger partial charge is 0.237 e. The number of nitrogens with zero attached hydrogens (tertiary/aromatic N) is 1. The number of nitrogens with one attached hydrogen (secondary N) is 2. The minimum Gasteiger partial charge on any atom is -0.343 e. The van der Waals surface area contributed by atoms with Gasteiger partial charge in [-0.25, -0.2) is 0 Å². The normalized spacial score (nSPS) is 21.0. The minimum absolute atomic E-state index is 0.0208. The average molecular weight is 347 g/mol. The summed E-state index contributed by atoms with van der Waals surface area (Å²) < 4.78 is 0. The van der Waals surface area contributed by atoms with Crippen LogP contribution in [0.1, 0.15) is 26.7 Å². The maximum Gasteiger partial charge on any atom is 0.237 e. The number of rotatable bonds is 2. The number of carbonyl (C=O) groups excluding carboxylic acids is 3. The lowest BCUT2D eigenvalue weighted by molar-refractivity contribution is -0.132. The SMILES string of the molecule is CC(=O)N1CCC(C(=O)Nc2ccc3c(c2)NC(=O)C(C)S3)CC1. The summed E-state index contributed by atoms with van der Waals surface area (Å²) in [6.07, 6.45) is 1.36. The van der Waals surface area contributed by atoms with Crippen LogP contribution in [-0.2, 0) is 14.4 Å². The van der Waals surface area contributed by atoms with Gasteiger partial charge in [0, 0.05) is 36.5 Å². The van der Waals surface area contributed by atoms with E-state index in [1.807, 2.05) is 19.1 Å². The molecule has 1 atom stereocenters. The Balaban J connectivity index is 1.62. The first-order valence-corrected chi connectivity index (χ1v) is 9.00. The van der Waals surface area contributed by atoms with Crippen LogP contribution in [0.15, 0.2) is 23.1 Å². The van der Waals surface area contributed by atoms with Crippen molar-refractivity contribution in [3.8, 4) is 0 Å². The molecule has 1 aromatic carbocycles. The predicted molar refractivity (Wildman–Crippen MR) is 94.0 cm³/mol. The fraction of sp³-hybridized carbons (Fsp3) is 0.471. The van der Waals surface area contributed by atoms with Gasteiger partial charge in [0.25, 0.3) is 0 Å². The molecule has 0 saturated carbocycles. The lowest BCUT2D eigenvalue weighted by Gasteiger charge is -2.30. The topological polar surface area (TPSA) is 78.5 Å². The number of anilines is 2. The lowest BCUT2D eigenvalue weighted by Crippen LogP contribution is -2.40. The molecule has 6 nitrogen and oxygen atoms in total. The summed E-state index contributed by atoms with van der Waals surface area (Å²) in [5.74, 6) is -0.0690. The molecule has 2 heterocycles. The van der Waals surface area contributed by atoms with Gasteiger partial charge >= 0.3 is 0 Å². The quantitative estimate of drug-likeness (QED) is 0.860. The van der Waals surface area contributed by atoms with E-state index >= 15 is 0 Å². The van der Waals surface area contributed by atoms with Gasteiger partial charge in [0.05, 0.1) is 10.9 Å². The van der Waals surface area contributed by atoms with Gasteiger partial charge < -0.3 is 15.5 Å². The van der Waals surface area contributed by atoms with Gasteiger partial charge in [-0.1, -0.05) is 0 Å². The minimum atomic E-state index is -0.107. The van der Waals surface area contributed by atoms with Crippen LogP contribution in [0, 0.1) is 5.92 Å². The van der Waals surface area contributed by atoms with Crippen LogP contribution in [0.4, 0.5) is 11.4 Å². The average Bonchev–Trinajstić information content (AvgIpc) is 2.56. The van der Waals surface area contributed by atoms with E-state index in [0.717, 1.165) is 10.6 Å². The molecule has 0 radical (unpaired) electrons. The van der Waals surface area contributed by atoms with Crippen molar-refractivity contribution in [1.29, 1.82) is 0 Å². The third-order valence-electron chi connectivity index (χ3n) is 4.49. The summed E-state index contributed by atoms with van der Waals surface area (Å²) in [6.45, 7) is 4.68. The monoisotopic (exact) mass is 347 g/mol. The number of amides is 3. The Labute approximate surface area is 145 Å². The van der Waals surface area contributed by atoms with E-state index in [0.29, 0.717) is 31.6 Å². The lowest BCUT2D eigenvalue weighted by atomic mass is 9.96. The second-order valence-corrected chi connectivity index (χ2v) is 7.61. The number of hydrogen-bond acceptors (Lipinski definition) is 4. The van der Waals surface area contributed by atoms with E-state index in [-0.39, 0.29) is 28.9 Å². The Morgan fingerprint density at radius 1 is 1.29 bits per heavy atom. The molecule has 0 bridgehead atoms. The summed E-state index contributed by atoms with van der Waals surface area (Å²) in [6, 6.07) is 5.58. The molecule has 0 spiro atoms. The Morgan fingerprint density at radius 3 is 2.67 bits per heavy atom. The fourth-order valence-corrected chi connectivity index (χ4v) is 3.92.